The fourth-order valence-electron chi connectivity index (χ4n) is 1.83. The molecule has 24 heavy (non-hydrogen) atoms. The van der Waals surface area contributed by atoms with Crippen LogP contribution in [0.3, 0.4) is 0 Å². The third-order valence-corrected chi connectivity index (χ3v) is 3.19. The number of carbonyl (C=O) groups excluding carboxylic acids is 2. The highest BCUT2D eigenvalue weighted by molar-refractivity contribution is 5.94. The van der Waals surface area contributed by atoms with Gasteiger partial charge < -0.3 is 14.8 Å². The van der Waals surface area contributed by atoms with Crippen LogP contribution >= 0.6 is 0 Å². The Labute approximate surface area is 135 Å². The summed E-state index contributed by atoms with van der Waals surface area (Å²) >= 11 is 0. The summed E-state index contributed by atoms with van der Waals surface area (Å²) in [5, 5.41) is 2.39. The van der Waals surface area contributed by atoms with E-state index >= 15 is 0 Å². The number of hydrogen-bond donors (Lipinski definition) is 1. The molecule has 6 nitrogen and oxygen atoms in total. The molecule has 0 aliphatic carbocycles. The van der Waals surface area contributed by atoms with Crippen LogP contribution in [0.25, 0.3) is 5.69 Å². The smallest absolute Gasteiger partial charge is 0.347 e. The Morgan fingerprint density at radius 2 is 2.00 bits per heavy atom. The van der Waals surface area contributed by atoms with Crippen LogP contribution in [-0.2, 0) is 11.0 Å². The molecule has 0 aliphatic heterocycles. The minimum Gasteiger partial charge on any atom is -0.347 e. The molecule has 0 saturated heterocycles. The number of amides is 2. The van der Waals surface area contributed by atoms with E-state index in [2.05, 4.69) is 10.3 Å². The second-order valence-corrected chi connectivity index (χ2v) is 5.19. The Balaban J connectivity index is 2.13. The molecule has 0 spiro atoms. The highest BCUT2D eigenvalue weighted by Gasteiger charge is 2.30. The largest absolute Gasteiger partial charge is 0.416 e. The first-order valence-electron chi connectivity index (χ1n) is 6.88. The van der Waals surface area contributed by atoms with Gasteiger partial charge in [0.25, 0.3) is 5.91 Å². The van der Waals surface area contributed by atoms with E-state index in [1.807, 2.05) is 0 Å². The molecule has 0 radical (unpaired) electrons. The van der Waals surface area contributed by atoms with Gasteiger partial charge in [-0.1, -0.05) is 6.07 Å². The van der Waals surface area contributed by atoms with Crippen LogP contribution in [0.4, 0.5) is 13.2 Å². The van der Waals surface area contributed by atoms with Gasteiger partial charge in [-0.3, -0.25) is 9.59 Å². The molecule has 0 aliphatic rings. The van der Waals surface area contributed by atoms with Crippen LogP contribution in [0, 0.1) is 0 Å². The molecule has 0 saturated carbocycles. The van der Waals surface area contributed by atoms with Gasteiger partial charge in [-0.2, -0.15) is 13.2 Å². The van der Waals surface area contributed by atoms with Crippen LogP contribution in [0.5, 0.6) is 0 Å². The molecule has 128 valence electrons. The van der Waals surface area contributed by atoms with E-state index in [1.165, 1.54) is 34.1 Å². The summed E-state index contributed by atoms with van der Waals surface area (Å²) in [6.45, 7) is -0.192. The summed E-state index contributed by atoms with van der Waals surface area (Å²) in [5.41, 5.74) is -0.573. The van der Waals surface area contributed by atoms with Crippen LogP contribution < -0.4 is 5.32 Å². The number of carbonyl (C=O) groups is 2. The maximum atomic E-state index is 12.7. The SMILES string of the molecule is CN(C)C(=O)CNC(=O)c1cn(-c2cccc(C(F)(F)F)c2)cn1. The maximum absolute atomic E-state index is 12.7. The summed E-state index contributed by atoms with van der Waals surface area (Å²) in [6.07, 6.45) is -1.92. The number of likely N-dealkylation sites (N-methyl/N-ethyl adjacent to an activating group) is 1. The number of alkyl halides is 3. The van der Waals surface area contributed by atoms with Gasteiger partial charge >= 0.3 is 6.18 Å². The van der Waals surface area contributed by atoms with E-state index in [4.69, 9.17) is 0 Å². The third kappa shape index (κ3) is 4.12. The number of hydrogen-bond acceptors (Lipinski definition) is 3. The predicted molar refractivity (Wildman–Crippen MR) is 79.6 cm³/mol. The number of aromatic nitrogens is 2. The topological polar surface area (TPSA) is 67.2 Å². The first-order valence-corrected chi connectivity index (χ1v) is 6.88. The van der Waals surface area contributed by atoms with E-state index in [9.17, 15) is 22.8 Å². The lowest BCUT2D eigenvalue weighted by atomic mass is 10.2. The number of halogens is 3. The Morgan fingerprint density at radius 3 is 2.62 bits per heavy atom. The fraction of sp³-hybridized carbons (Fsp3) is 0.267. The average Bonchev–Trinajstić information content (AvgIpc) is 3.01. The van der Waals surface area contributed by atoms with Gasteiger partial charge in [0.1, 0.15) is 12.0 Å². The van der Waals surface area contributed by atoms with Gasteiger partial charge in [-0.25, -0.2) is 4.98 Å². The lowest BCUT2D eigenvalue weighted by Gasteiger charge is -2.10. The summed E-state index contributed by atoms with van der Waals surface area (Å²) in [4.78, 5) is 28.5. The predicted octanol–water partition coefficient (Wildman–Crippen LogP) is 1.71. The molecule has 0 unspecified atom stereocenters. The van der Waals surface area contributed by atoms with Gasteiger partial charge in [0.2, 0.25) is 5.91 Å². The van der Waals surface area contributed by atoms with Crippen molar-refractivity contribution in [3.63, 3.8) is 0 Å². The van der Waals surface area contributed by atoms with Gasteiger partial charge in [0.15, 0.2) is 0 Å². The highest BCUT2D eigenvalue weighted by Crippen LogP contribution is 2.30. The molecular weight excluding hydrogens is 325 g/mol. The van der Waals surface area contributed by atoms with E-state index in [1.54, 1.807) is 14.1 Å². The lowest BCUT2D eigenvalue weighted by molar-refractivity contribution is -0.137. The molecule has 1 N–H and O–H groups in total. The summed E-state index contributed by atoms with van der Waals surface area (Å²) in [5.74, 6) is -0.878. The van der Waals surface area contributed by atoms with Crippen molar-refractivity contribution in [1.82, 2.24) is 19.8 Å². The quantitative estimate of drug-likeness (QED) is 0.921. The molecule has 0 fully saturated rings. The molecule has 0 atom stereocenters. The van der Waals surface area contributed by atoms with Crippen molar-refractivity contribution in [1.29, 1.82) is 0 Å². The molecule has 2 amide bonds. The van der Waals surface area contributed by atoms with E-state index in [-0.39, 0.29) is 23.8 Å². The fourth-order valence-corrected chi connectivity index (χ4v) is 1.83. The molecular formula is C15H15F3N4O2. The van der Waals surface area contributed by atoms with Gasteiger partial charge in [-0.15, -0.1) is 0 Å². The number of nitrogens with zero attached hydrogens (tertiary/aromatic N) is 3. The Kier molecular flexibility index (Phi) is 4.91. The minimum absolute atomic E-state index is 0.000956. The van der Waals surface area contributed by atoms with Crippen molar-refractivity contribution in [3.05, 3.63) is 48.0 Å². The molecule has 1 heterocycles. The summed E-state index contributed by atoms with van der Waals surface area (Å²) < 4.78 is 39.5. The van der Waals surface area contributed by atoms with Gasteiger partial charge in [0.05, 0.1) is 12.1 Å². The zero-order valence-corrected chi connectivity index (χ0v) is 13.0. The number of nitrogens with one attached hydrogen (secondary N) is 1. The van der Waals surface area contributed by atoms with Crippen molar-refractivity contribution >= 4 is 11.8 Å². The van der Waals surface area contributed by atoms with Crippen LogP contribution in [-0.4, -0.2) is 46.9 Å². The second kappa shape index (κ2) is 6.73. The monoisotopic (exact) mass is 340 g/mol. The molecule has 1 aromatic carbocycles. The van der Waals surface area contributed by atoms with Crippen molar-refractivity contribution in [2.45, 2.75) is 6.18 Å². The van der Waals surface area contributed by atoms with Crippen molar-refractivity contribution in [2.24, 2.45) is 0 Å². The number of benzene rings is 1. The van der Waals surface area contributed by atoms with Crippen molar-refractivity contribution in [2.75, 3.05) is 20.6 Å². The Hall–Kier alpha value is -2.84. The zero-order valence-electron chi connectivity index (χ0n) is 13.0. The first kappa shape index (κ1) is 17.5. The van der Waals surface area contributed by atoms with E-state index in [0.29, 0.717) is 0 Å². The lowest BCUT2D eigenvalue weighted by Crippen LogP contribution is -2.36. The second-order valence-electron chi connectivity index (χ2n) is 5.19. The molecule has 1 aromatic heterocycles. The van der Waals surface area contributed by atoms with Crippen LogP contribution in [0.1, 0.15) is 16.1 Å². The third-order valence-electron chi connectivity index (χ3n) is 3.19. The molecule has 2 rings (SSSR count). The average molecular weight is 340 g/mol. The van der Waals surface area contributed by atoms with Gasteiger partial charge in [0, 0.05) is 26.0 Å². The summed E-state index contributed by atoms with van der Waals surface area (Å²) in [6, 6.07) is 4.65. The molecule has 0 bridgehead atoms. The standard InChI is InChI=1S/C15H15F3N4O2/c1-21(2)13(23)7-19-14(24)12-8-22(9-20-12)11-5-3-4-10(6-11)15(16,17)18/h3-6,8-9H,7H2,1-2H3,(H,19,24). The minimum atomic E-state index is -4.46. The Bertz CT molecular complexity index is 753. The van der Waals surface area contributed by atoms with E-state index < -0.39 is 17.6 Å². The number of imidazole rings is 1. The normalized spacial score (nSPS) is 11.2. The maximum Gasteiger partial charge on any atom is 0.416 e. The first-order chi connectivity index (χ1) is 11.2. The van der Waals surface area contributed by atoms with Crippen LogP contribution in [0.15, 0.2) is 36.8 Å². The molecule has 2 aromatic rings. The molecule has 9 heteroatoms. The van der Waals surface area contributed by atoms with Crippen LogP contribution in [0.2, 0.25) is 0 Å². The van der Waals surface area contributed by atoms with Crippen molar-refractivity contribution < 1.29 is 22.8 Å². The van der Waals surface area contributed by atoms with Gasteiger partial charge in [-0.05, 0) is 18.2 Å². The number of rotatable bonds is 4. The van der Waals surface area contributed by atoms with E-state index in [0.717, 1.165) is 12.1 Å². The Morgan fingerprint density at radius 1 is 1.29 bits per heavy atom. The summed E-state index contributed by atoms with van der Waals surface area (Å²) in [7, 11) is 3.10. The highest BCUT2D eigenvalue weighted by atomic mass is 19.4. The van der Waals surface area contributed by atoms with Crippen molar-refractivity contribution in [3.8, 4) is 5.69 Å². The zero-order chi connectivity index (χ0) is 17.9.